The number of rotatable bonds is 7. The molecule has 0 bridgehead atoms. The summed E-state index contributed by atoms with van der Waals surface area (Å²) in [6, 6.07) is 22.9. The molecule has 118 valence electrons. The standard InChI is InChI=1S/C22H24O/c1-2-3-4-8-15-21-20-14-10-9-11-18(20)16-17-22(21)23-19-12-6-5-7-13-19/h5-7,9-14,16-17H,2-4,8,15H2,1H3. The maximum absolute atomic E-state index is 6.17. The van der Waals surface area contributed by atoms with E-state index in [1.807, 2.05) is 30.3 Å². The minimum Gasteiger partial charge on any atom is -0.457 e. The maximum Gasteiger partial charge on any atom is 0.131 e. The molecule has 0 aliphatic carbocycles. The van der Waals surface area contributed by atoms with Crippen molar-refractivity contribution in [1.29, 1.82) is 0 Å². The van der Waals surface area contributed by atoms with Gasteiger partial charge in [0.25, 0.3) is 0 Å². The van der Waals surface area contributed by atoms with Gasteiger partial charge in [0.15, 0.2) is 0 Å². The van der Waals surface area contributed by atoms with Crippen molar-refractivity contribution in [1.82, 2.24) is 0 Å². The highest BCUT2D eigenvalue weighted by Crippen LogP contribution is 2.32. The van der Waals surface area contributed by atoms with Crippen LogP contribution in [-0.2, 0) is 6.42 Å². The number of fused-ring (bicyclic) bond motifs is 1. The Morgan fingerprint density at radius 2 is 1.52 bits per heavy atom. The summed E-state index contributed by atoms with van der Waals surface area (Å²) in [4.78, 5) is 0. The third-order valence-corrected chi connectivity index (χ3v) is 4.25. The summed E-state index contributed by atoms with van der Waals surface area (Å²) in [5.74, 6) is 1.89. The van der Waals surface area contributed by atoms with Gasteiger partial charge in [-0.25, -0.2) is 0 Å². The SMILES string of the molecule is CCCCCCc1c(Oc2ccccc2)ccc2ccccc12. The number of benzene rings is 3. The van der Waals surface area contributed by atoms with Crippen molar-refractivity contribution in [3.8, 4) is 11.5 Å². The lowest BCUT2D eigenvalue weighted by Crippen LogP contribution is -1.94. The van der Waals surface area contributed by atoms with Crippen LogP contribution in [0.3, 0.4) is 0 Å². The van der Waals surface area contributed by atoms with Gasteiger partial charge in [-0.3, -0.25) is 0 Å². The number of hydrogen-bond acceptors (Lipinski definition) is 1. The summed E-state index contributed by atoms with van der Waals surface area (Å²) in [5, 5.41) is 2.61. The Morgan fingerprint density at radius 3 is 2.35 bits per heavy atom. The fourth-order valence-corrected chi connectivity index (χ4v) is 3.01. The van der Waals surface area contributed by atoms with Crippen molar-refractivity contribution in [3.63, 3.8) is 0 Å². The molecule has 0 fully saturated rings. The van der Waals surface area contributed by atoms with Crippen molar-refractivity contribution >= 4 is 10.8 Å². The van der Waals surface area contributed by atoms with Gasteiger partial charge in [-0.1, -0.05) is 74.7 Å². The summed E-state index contributed by atoms with van der Waals surface area (Å²) in [6.07, 6.45) is 6.14. The van der Waals surface area contributed by atoms with Gasteiger partial charge in [0.1, 0.15) is 11.5 Å². The Labute approximate surface area is 138 Å². The van der Waals surface area contributed by atoms with Gasteiger partial charge in [0.05, 0.1) is 0 Å². The van der Waals surface area contributed by atoms with Crippen molar-refractivity contribution in [2.45, 2.75) is 39.0 Å². The zero-order chi connectivity index (χ0) is 15.9. The minimum absolute atomic E-state index is 0.901. The molecular formula is C22H24O. The molecule has 3 aromatic rings. The summed E-state index contributed by atoms with van der Waals surface area (Å²) in [6.45, 7) is 2.25. The highest BCUT2D eigenvalue weighted by molar-refractivity contribution is 5.87. The molecule has 1 heteroatoms. The molecule has 3 rings (SSSR count). The van der Waals surface area contributed by atoms with Crippen LogP contribution in [-0.4, -0.2) is 0 Å². The molecule has 0 aliphatic heterocycles. The van der Waals surface area contributed by atoms with E-state index in [4.69, 9.17) is 4.74 Å². The van der Waals surface area contributed by atoms with E-state index in [-0.39, 0.29) is 0 Å². The van der Waals surface area contributed by atoms with Crippen molar-refractivity contribution in [2.75, 3.05) is 0 Å². The van der Waals surface area contributed by atoms with Gasteiger partial charge in [-0.15, -0.1) is 0 Å². The van der Waals surface area contributed by atoms with Crippen LogP contribution in [0.4, 0.5) is 0 Å². The Bertz CT molecular complexity index is 746. The molecule has 0 spiro atoms. The first kappa shape index (κ1) is 15.6. The van der Waals surface area contributed by atoms with Gasteiger partial charge in [-0.2, -0.15) is 0 Å². The zero-order valence-electron chi connectivity index (χ0n) is 13.8. The monoisotopic (exact) mass is 304 g/mol. The Balaban J connectivity index is 1.92. The highest BCUT2D eigenvalue weighted by Gasteiger charge is 2.09. The van der Waals surface area contributed by atoms with Crippen LogP contribution in [0.5, 0.6) is 11.5 Å². The Morgan fingerprint density at radius 1 is 0.739 bits per heavy atom. The molecule has 0 saturated heterocycles. The van der Waals surface area contributed by atoms with Crippen LogP contribution in [0.1, 0.15) is 38.2 Å². The summed E-state index contributed by atoms with van der Waals surface area (Å²) in [5.41, 5.74) is 1.34. The molecule has 0 saturated carbocycles. The van der Waals surface area contributed by atoms with E-state index in [0.29, 0.717) is 0 Å². The highest BCUT2D eigenvalue weighted by atomic mass is 16.5. The van der Waals surface area contributed by atoms with E-state index in [2.05, 4.69) is 43.3 Å². The third kappa shape index (κ3) is 3.92. The van der Waals surface area contributed by atoms with E-state index in [1.54, 1.807) is 0 Å². The average Bonchev–Trinajstić information content (AvgIpc) is 2.61. The molecule has 0 amide bonds. The maximum atomic E-state index is 6.17. The van der Waals surface area contributed by atoms with Gasteiger partial charge >= 0.3 is 0 Å². The molecule has 0 unspecified atom stereocenters. The first-order chi connectivity index (χ1) is 11.4. The third-order valence-electron chi connectivity index (χ3n) is 4.25. The van der Waals surface area contributed by atoms with Crippen molar-refractivity contribution in [2.24, 2.45) is 0 Å². The zero-order valence-corrected chi connectivity index (χ0v) is 13.8. The largest absolute Gasteiger partial charge is 0.457 e. The van der Waals surface area contributed by atoms with Gasteiger partial charge < -0.3 is 4.74 Å². The second-order valence-electron chi connectivity index (χ2n) is 5.99. The number of ether oxygens (including phenoxy) is 1. The fourth-order valence-electron chi connectivity index (χ4n) is 3.01. The number of para-hydroxylation sites is 1. The van der Waals surface area contributed by atoms with E-state index in [1.165, 1.54) is 42.0 Å². The van der Waals surface area contributed by atoms with Gasteiger partial charge in [0, 0.05) is 5.56 Å². The second kappa shape index (κ2) is 7.82. The van der Waals surface area contributed by atoms with Gasteiger partial charge in [0.2, 0.25) is 0 Å². The predicted molar refractivity (Wildman–Crippen MR) is 98.3 cm³/mol. The quantitative estimate of drug-likeness (QED) is 0.438. The normalized spacial score (nSPS) is 10.8. The van der Waals surface area contributed by atoms with Crippen LogP contribution in [0.15, 0.2) is 66.7 Å². The molecule has 0 N–H and O–H groups in total. The molecule has 1 nitrogen and oxygen atoms in total. The van der Waals surface area contributed by atoms with Crippen LogP contribution < -0.4 is 4.74 Å². The van der Waals surface area contributed by atoms with E-state index in [9.17, 15) is 0 Å². The van der Waals surface area contributed by atoms with Crippen LogP contribution in [0, 0.1) is 0 Å². The molecule has 0 radical (unpaired) electrons. The molecule has 0 atom stereocenters. The number of hydrogen-bond donors (Lipinski definition) is 0. The molecule has 3 aromatic carbocycles. The Hall–Kier alpha value is -2.28. The summed E-state index contributed by atoms with van der Waals surface area (Å²) < 4.78 is 6.17. The fraction of sp³-hybridized carbons (Fsp3) is 0.273. The number of unbranched alkanes of at least 4 members (excludes halogenated alkanes) is 3. The molecule has 0 aliphatic rings. The van der Waals surface area contributed by atoms with Gasteiger partial charge in [-0.05, 0) is 41.8 Å². The lowest BCUT2D eigenvalue weighted by atomic mass is 9.98. The predicted octanol–water partition coefficient (Wildman–Crippen LogP) is 6.75. The molecular weight excluding hydrogens is 280 g/mol. The van der Waals surface area contributed by atoms with Crippen molar-refractivity contribution in [3.05, 3.63) is 72.3 Å². The van der Waals surface area contributed by atoms with E-state index in [0.717, 1.165) is 17.9 Å². The summed E-state index contributed by atoms with van der Waals surface area (Å²) >= 11 is 0. The molecule has 0 aromatic heterocycles. The lowest BCUT2D eigenvalue weighted by Gasteiger charge is -2.14. The van der Waals surface area contributed by atoms with Crippen LogP contribution in [0.25, 0.3) is 10.8 Å². The molecule has 0 heterocycles. The van der Waals surface area contributed by atoms with E-state index < -0.39 is 0 Å². The minimum atomic E-state index is 0.901. The first-order valence-electron chi connectivity index (χ1n) is 8.62. The van der Waals surface area contributed by atoms with Crippen LogP contribution >= 0.6 is 0 Å². The Kier molecular flexibility index (Phi) is 5.31. The van der Waals surface area contributed by atoms with Crippen LogP contribution in [0.2, 0.25) is 0 Å². The lowest BCUT2D eigenvalue weighted by molar-refractivity contribution is 0.475. The topological polar surface area (TPSA) is 9.23 Å². The number of aryl methyl sites for hydroxylation is 1. The second-order valence-corrected chi connectivity index (χ2v) is 5.99. The first-order valence-corrected chi connectivity index (χ1v) is 8.62. The smallest absolute Gasteiger partial charge is 0.131 e. The molecule has 23 heavy (non-hydrogen) atoms. The van der Waals surface area contributed by atoms with E-state index >= 15 is 0 Å². The average molecular weight is 304 g/mol. The van der Waals surface area contributed by atoms with Crippen molar-refractivity contribution < 1.29 is 4.74 Å². The summed E-state index contributed by atoms with van der Waals surface area (Å²) in [7, 11) is 0.